The first-order valence-electron chi connectivity index (χ1n) is 18.8. The minimum atomic E-state index is -0.680. The van der Waals surface area contributed by atoms with E-state index in [-0.39, 0.29) is 0 Å². The second-order valence-corrected chi connectivity index (χ2v) is 15.1. The van der Waals surface area contributed by atoms with Crippen molar-refractivity contribution in [2.24, 2.45) is 0 Å². The van der Waals surface area contributed by atoms with Crippen molar-refractivity contribution >= 4 is 55.8 Å². The molecule has 1 atom stereocenters. The molecule has 10 aromatic rings. The van der Waals surface area contributed by atoms with Gasteiger partial charge < -0.3 is 4.57 Å². The van der Waals surface area contributed by atoms with Crippen molar-refractivity contribution in [1.82, 2.24) is 13.8 Å². The van der Waals surface area contributed by atoms with Crippen LogP contribution in [0.5, 0.6) is 0 Å². The monoisotopic (exact) mass is 691 g/mol. The number of benzene rings is 6. The van der Waals surface area contributed by atoms with E-state index in [2.05, 4.69) is 201 Å². The Hall–Kier alpha value is -6.98. The zero-order chi connectivity index (χ0) is 35.4. The third kappa shape index (κ3) is 3.13. The molecule has 0 aliphatic carbocycles. The first-order valence-corrected chi connectivity index (χ1v) is 18.8. The lowest BCUT2D eigenvalue weighted by Crippen LogP contribution is -2.77. The minimum absolute atomic E-state index is 0.680. The van der Waals surface area contributed by atoms with Crippen molar-refractivity contribution in [3.63, 3.8) is 0 Å². The molecule has 5 nitrogen and oxygen atoms in total. The third-order valence-electron chi connectivity index (χ3n) is 12.5. The van der Waals surface area contributed by atoms with E-state index in [0.717, 1.165) is 5.82 Å². The van der Waals surface area contributed by atoms with E-state index >= 15 is 0 Å². The van der Waals surface area contributed by atoms with E-state index < -0.39 is 5.66 Å². The molecule has 3 aliphatic heterocycles. The van der Waals surface area contributed by atoms with Crippen LogP contribution in [0.25, 0.3) is 84.1 Å². The second-order valence-electron chi connectivity index (χ2n) is 15.1. The van der Waals surface area contributed by atoms with Gasteiger partial charge in [-0.05, 0) is 66.1 Å². The molecule has 0 N–H and O–H groups in total. The SMILES string of the molecule is Cc1c(-c2ccc(/C=C/c3ccccc3)cc2)c(C)[n+]2n1-c1cccc3c1C21c2c4c(cc5c6ccccc6n(c25)-c2cccc[n+]21)c1ccccc1n4-3. The van der Waals surface area contributed by atoms with Gasteiger partial charge in [0.1, 0.15) is 22.3 Å². The highest BCUT2D eigenvalue weighted by molar-refractivity contribution is 6.22. The molecule has 7 heterocycles. The summed E-state index contributed by atoms with van der Waals surface area (Å²) in [5.41, 5.74) is 16.8. The quantitative estimate of drug-likeness (QED) is 0.130. The van der Waals surface area contributed by atoms with Crippen molar-refractivity contribution < 1.29 is 9.25 Å². The molecule has 5 heteroatoms. The first-order chi connectivity index (χ1) is 26.7. The van der Waals surface area contributed by atoms with Gasteiger partial charge in [-0.25, -0.2) is 0 Å². The van der Waals surface area contributed by atoms with Gasteiger partial charge in [0.25, 0.3) is 5.82 Å². The van der Waals surface area contributed by atoms with Gasteiger partial charge in [0.2, 0.25) is 5.69 Å². The predicted octanol–water partition coefficient (Wildman–Crippen LogP) is 9.94. The summed E-state index contributed by atoms with van der Waals surface area (Å²) in [7, 11) is 0. The van der Waals surface area contributed by atoms with E-state index in [1.807, 2.05) is 0 Å². The van der Waals surface area contributed by atoms with Crippen molar-refractivity contribution in [3.05, 3.63) is 185 Å². The fourth-order valence-electron chi connectivity index (χ4n) is 10.6. The molecule has 0 fully saturated rings. The molecule has 54 heavy (non-hydrogen) atoms. The number of hydrogen-bond acceptors (Lipinski definition) is 0. The zero-order valence-corrected chi connectivity index (χ0v) is 29.8. The lowest BCUT2D eigenvalue weighted by atomic mass is 9.82. The molecule has 6 aromatic carbocycles. The Bertz CT molecular complexity index is 3300. The third-order valence-corrected chi connectivity index (χ3v) is 12.5. The first kappa shape index (κ1) is 28.6. The number of hydrogen-bond donors (Lipinski definition) is 0. The predicted molar refractivity (Wildman–Crippen MR) is 217 cm³/mol. The lowest BCUT2D eigenvalue weighted by Gasteiger charge is -2.33. The fraction of sp³-hybridized carbons (Fsp3) is 0.0612. The van der Waals surface area contributed by atoms with E-state index in [0.29, 0.717) is 0 Å². The highest BCUT2D eigenvalue weighted by Gasteiger charge is 2.69. The molecule has 0 amide bonds. The van der Waals surface area contributed by atoms with E-state index in [1.165, 1.54) is 99.8 Å². The number of aromatic nitrogens is 5. The molecule has 0 saturated carbocycles. The maximum atomic E-state index is 2.63. The number of rotatable bonds is 3. The Morgan fingerprint density at radius 2 is 1.17 bits per heavy atom. The summed E-state index contributed by atoms with van der Waals surface area (Å²) in [6, 6.07) is 53.6. The van der Waals surface area contributed by atoms with Gasteiger partial charge >= 0.3 is 5.66 Å². The van der Waals surface area contributed by atoms with Gasteiger partial charge in [-0.1, -0.05) is 114 Å². The van der Waals surface area contributed by atoms with Crippen molar-refractivity contribution in [1.29, 1.82) is 0 Å². The van der Waals surface area contributed by atoms with E-state index in [9.17, 15) is 0 Å². The zero-order valence-electron chi connectivity index (χ0n) is 29.8. The largest absolute Gasteiger partial charge is 0.394 e. The molecule has 0 radical (unpaired) electrons. The normalized spacial score (nSPS) is 16.0. The maximum absolute atomic E-state index is 2.63. The van der Waals surface area contributed by atoms with Gasteiger partial charge in [0.05, 0.1) is 34.2 Å². The Morgan fingerprint density at radius 1 is 0.537 bits per heavy atom. The van der Waals surface area contributed by atoms with Crippen LogP contribution in [0.3, 0.4) is 0 Å². The molecule has 252 valence electrons. The van der Waals surface area contributed by atoms with Gasteiger partial charge in [-0.2, -0.15) is 9.13 Å². The lowest BCUT2D eigenvalue weighted by molar-refractivity contribution is -0.995. The molecule has 1 spiro atoms. The van der Waals surface area contributed by atoms with Crippen LogP contribution >= 0.6 is 0 Å². The number of nitrogens with zero attached hydrogens (tertiary/aromatic N) is 5. The number of fused-ring (bicyclic) bond motifs is 11. The smallest absolute Gasteiger partial charge is 0.307 e. The Morgan fingerprint density at radius 3 is 1.93 bits per heavy atom. The second kappa shape index (κ2) is 9.71. The van der Waals surface area contributed by atoms with E-state index in [4.69, 9.17) is 0 Å². The Labute approximate surface area is 311 Å². The Kier molecular flexibility index (Phi) is 5.14. The van der Waals surface area contributed by atoms with Gasteiger partial charge in [0, 0.05) is 34.5 Å². The van der Waals surface area contributed by atoms with Gasteiger partial charge in [0.15, 0.2) is 5.52 Å². The highest BCUT2D eigenvalue weighted by Crippen LogP contribution is 2.55. The standard InChI is InChI=1S/C49H33N5/c1-30-44(34-26-24-33(25-27-34)23-22-32-13-4-3-5-14-32)31(2)54-49-45-41(19-12-20-42(45)53(30)54)51-39-17-8-6-15-35(39)37-29-38-36-16-7-9-18-40(36)52(48(38)46(49)47(37)51)43-21-10-11-28-50(43)49/h3-29H,1-2H3/q+2/b23-22+. The molecule has 0 bridgehead atoms. The summed E-state index contributed by atoms with van der Waals surface area (Å²) in [6.07, 6.45) is 6.70. The minimum Gasteiger partial charge on any atom is -0.307 e. The topological polar surface area (TPSA) is 22.5 Å². The molecule has 13 rings (SSSR count). The number of para-hydroxylation sites is 2. The average Bonchev–Trinajstić information content (AvgIpc) is 3.92. The van der Waals surface area contributed by atoms with Gasteiger partial charge in [-0.15, -0.1) is 4.68 Å². The average molecular weight is 692 g/mol. The fourth-order valence-corrected chi connectivity index (χ4v) is 10.6. The van der Waals surface area contributed by atoms with Crippen LogP contribution in [0.1, 0.15) is 33.6 Å². The van der Waals surface area contributed by atoms with Crippen LogP contribution in [-0.4, -0.2) is 13.8 Å². The molecule has 3 aliphatic rings. The van der Waals surface area contributed by atoms with Crippen molar-refractivity contribution in [3.8, 4) is 28.3 Å². The molecular formula is C49H33N5+2. The van der Waals surface area contributed by atoms with Gasteiger partial charge in [-0.3, -0.25) is 0 Å². The summed E-state index contributed by atoms with van der Waals surface area (Å²) in [6.45, 7) is 4.63. The van der Waals surface area contributed by atoms with E-state index in [1.54, 1.807) is 0 Å². The summed E-state index contributed by atoms with van der Waals surface area (Å²) in [5, 5.41) is 5.16. The highest BCUT2D eigenvalue weighted by atomic mass is 15.5. The van der Waals surface area contributed by atoms with Crippen molar-refractivity contribution in [2.75, 3.05) is 0 Å². The van der Waals surface area contributed by atoms with Crippen LogP contribution in [0, 0.1) is 13.8 Å². The summed E-state index contributed by atoms with van der Waals surface area (Å²) >= 11 is 0. The summed E-state index contributed by atoms with van der Waals surface area (Å²) in [4.78, 5) is 0. The van der Waals surface area contributed by atoms with Crippen LogP contribution in [0.4, 0.5) is 0 Å². The Balaban J connectivity index is 1.18. The van der Waals surface area contributed by atoms with Crippen molar-refractivity contribution in [2.45, 2.75) is 19.5 Å². The van der Waals surface area contributed by atoms with Crippen LogP contribution in [0.15, 0.2) is 152 Å². The van der Waals surface area contributed by atoms with Crippen LogP contribution < -0.4 is 9.25 Å². The maximum Gasteiger partial charge on any atom is 0.394 e. The summed E-state index contributed by atoms with van der Waals surface area (Å²) in [5.74, 6) is 1.16. The van der Waals surface area contributed by atoms with Crippen LogP contribution in [0.2, 0.25) is 0 Å². The number of pyridine rings is 1. The molecule has 1 unspecified atom stereocenters. The molecular weight excluding hydrogens is 659 g/mol. The molecule has 0 saturated heterocycles. The van der Waals surface area contributed by atoms with Crippen LogP contribution in [-0.2, 0) is 5.66 Å². The molecule has 4 aromatic heterocycles. The summed E-state index contributed by atoms with van der Waals surface area (Å²) < 4.78 is 12.8.